The average molecular weight is 480 g/mol. The van der Waals surface area contributed by atoms with Gasteiger partial charge in [0.2, 0.25) is 0 Å². The van der Waals surface area contributed by atoms with Gasteiger partial charge in [0.05, 0.1) is 21.8 Å². The Morgan fingerprint density at radius 3 is 2.53 bits per heavy atom. The highest BCUT2D eigenvalue weighted by Gasteiger charge is 2.41. The van der Waals surface area contributed by atoms with Crippen LogP contribution in [0.2, 0.25) is 10.0 Å². The van der Waals surface area contributed by atoms with E-state index in [0.29, 0.717) is 27.5 Å². The number of hydrogen-bond acceptors (Lipinski definition) is 3. The summed E-state index contributed by atoms with van der Waals surface area (Å²) in [7, 11) is 0. The molecule has 0 bridgehead atoms. The Morgan fingerprint density at radius 1 is 0.938 bits per heavy atom. The van der Waals surface area contributed by atoms with Crippen LogP contribution in [0.15, 0.2) is 89.5 Å². The van der Waals surface area contributed by atoms with Gasteiger partial charge in [-0.05, 0) is 54.2 Å². The third-order valence-electron chi connectivity index (χ3n) is 5.53. The van der Waals surface area contributed by atoms with Gasteiger partial charge in [0.15, 0.2) is 5.11 Å². The average Bonchev–Trinajstić information content (AvgIpc) is 3.42. The van der Waals surface area contributed by atoms with E-state index in [1.54, 1.807) is 12.3 Å². The fourth-order valence-electron chi connectivity index (χ4n) is 4.02. The molecule has 0 spiro atoms. The molecule has 0 saturated carbocycles. The molecule has 2 aromatic carbocycles. The molecule has 1 aliphatic rings. The first kappa shape index (κ1) is 21.0. The summed E-state index contributed by atoms with van der Waals surface area (Å²) in [5.74, 6) is 1.43. The first-order valence-electron chi connectivity index (χ1n) is 10.2. The van der Waals surface area contributed by atoms with Crippen LogP contribution in [0.1, 0.15) is 29.1 Å². The predicted octanol–water partition coefficient (Wildman–Crippen LogP) is 6.82. The van der Waals surface area contributed by atoms with Gasteiger partial charge in [-0.15, -0.1) is 0 Å². The molecular formula is C25H19Cl2N3OS. The van der Waals surface area contributed by atoms with Gasteiger partial charge in [0.25, 0.3) is 0 Å². The molecule has 1 saturated heterocycles. The monoisotopic (exact) mass is 479 g/mol. The zero-order valence-corrected chi connectivity index (χ0v) is 19.2. The Hall–Kier alpha value is -2.86. The highest BCUT2D eigenvalue weighted by molar-refractivity contribution is 7.80. The van der Waals surface area contributed by atoms with Crippen molar-refractivity contribution < 1.29 is 4.42 Å². The van der Waals surface area contributed by atoms with Gasteiger partial charge in [-0.2, -0.15) is 0 Å². The van der Waals surface area contributed by atoms with Crippen molar-refractivity contribution in [3.63, 3.8) is 0 Å². The van der Waals surface area contributed by atoms with Crippen LogP contribution >= 0.6 is 35.4 Å². The van der Waals surface area contributed by atoms with Crippen LogP contribution in [0, 0.1) is 0 Å². The molecule has 4 nitrogen and oxygen atoms in total. The molecule has 0 radical (unpaired) electrons. The van der Waals surface area contributed by atoms with Crippen molar-refractivity contribution in [1.82, 2.24) is 15.2 Å². The van der Waals surface area contributed by atoms with E-state index in [4.69, 9.17) is 39.8 Å². The van der Waals surface area contributed by atoms with Gasteiger partial charge in [-0.25, -0.2) is 0 Å². The third-order valence-corrected chi connectivity index (χ3v) is 6.70. The number of thiocarbonyl (C=S) groups is 1. The maximum absolute atomic E-state index is 6.43. The summed E-state index contributed by atoms with van der Waals surface area (Å²) < 4.78 is 6.35. The predicted molar refractivity (Wildman–Crippen MR) is 132 cm³/mol. The second-order valence-corrected chi connectivity index (χ2v) is 8.72. The summed E-state index contributed by atoms with van der Waals surface area (Å²) in [6, 6.07) is 25.2. The number of rotatable bonds is 5. The molecule has 2 atom stereocenters. The summed E-state index contributed by atoms with van der Waals surface area (Å²) in [5.41, 5.74) is 2.81. The number of nitrogens with zero attached hydrogens (tertiary/aromatic N) is 2. The van der Waals surface area contributed by atoms with Crippen molar-refractivity contribution in [3.05, 3.63) is 112 Å². The molecule has 1 N–H and O–H groups in total. The van der Waals surface area contributed by atoms with Crippen molar-refractivity contribution in [3.8, 4) is 11.3 Å². The molecule has 0 unspecified atom stereocenters. The third kappa shape index (κ3) is 3.99. The molecule has 7 heteroatoms. The number of nitrogens with one attached hydrogen (secondary N) is 1. The summed E-state index contributed by atoms with van der Waals surface area (Å²) >= 11 is 18.4. The lowest BCUT2D eigenvalue weighted by molar-refractivity contribution is 0.269. The molecule has 2 aromatic heterocycles. The van der Waals surface area contributed by atoms with Crippen LogP contribution in [0.3, 0.4) is 0 Å². The zero-order valence-electron chi connectivity index (χ0n) is 16.9. The largest absolute Gasteiger partial charge is 0.459 e. The van der Waals surface area contributed by atoms with E-state index >= 15 is 0 Å². The van der Waals surface area contributed by atoms with Crippen molar-refractivity contribution in [2.75, 3.05) is 0 Å². The van der Waals surface area contributed by atoms with Gasteiger partial charge < -0.3 is 14.6 Å². The van der Waals surface area contributed by atoms with E-state index in [1.807, 2.05) is 60.7 Å². The second kappa shape index (κ2) is 8.94. The quantitative estimate of drug-likeness (QED) is 0.318. The van der Waals surface area contributed by atoms with Gasteiger partial charge in [-0.3, -0.25) is 4.98 Å². The maximum atomic E-state index is 6.43. The Labute approximate surface area is 201 Å². The first-order valence-corrected chi connectivity index (χ1v) is 11.3. The van der Waals surface area contributed by atoms with Gasteiger partial charge in [0.1, 0.15) is 17.6 Å². The Kier molecular flexibility index (Phi) is 5.87. The van der Waals surface area contributed by atoms with Crippen LogP contribution in [0.25, 0.3) is 11.3 Å². The number of pyridine rings is 1. The smallest absolute Gasteiger partial charge is 0.170 e. The van der Waals surface area contributed by atoms with Crippen molar-refractivity contribution in [2.45, 2.75) is 18.6 Å². The van der Waals surface area contributed by atoms with Gasteiger partial charge in [-0.1, -0.05) is 65.7 Å². The fourth-order valence-corrected chi connectivity index (χ4v) is 4.71. The van der Waals surface area contributed by atoms with Gasteiger partial charge >= 0.3 is 0 Å². The summed E-state index contributed by atoms with van der Waals surface area (Å²) in [6.07, 6.45) is 1.79. The number of furan rings is 1. The number of halogens is 2. The van der Waals surface area contributed by atoms with Crippen LogP contribution in [-0.2, 0) is 6.54 Å². The first-order chi connectivity index (χ1) is 15.6. The summed E-state index contributed by atoms with van der Waals surface area (Å²) in [5, 5.41) is 5.07. The molecule has 1 aliphatic heterocycles. The second-order valence-electron chi connectivity index (χ2n) is 7.54. The Balaban J connectivity index is 1.56. The minimum Gasteiger partial charge on any atom is -0.459 e. The normalized spacial score (nSPS) is 18.1. The zero-order chi connectivity index (χ0) is 22.1. The minimum atomic E-state index is -0.177. The van der Waals surface area contributed by atoms with E-state index in [2.05, 4.69) is 27.3 Å². The number of hydrogen-bond donors (Lipinski definition) is 1. The van der Waals surface area contributed by atoms with Crippen LogP contribution in [-0.4, -0.2) is 15.0 Å². The molecule has 1 fully saturated rings. The van der Waals surface area contributed by atoms with Crippen LogP contribution < -0.4 is 5.32 Å². The number of aromatic nitrogens is 1. The molecule has 4 aromatic rings. The molecule has 0 aliphatic carbocycles. The lowest BCUT2D eigenvalue weighted by Gasteiger charge is -2.26. The number of benzene rings is 2. The van der Waals surface area contributed by atoms with Crippen molar-refractivity contribution in [1.29, 1.82) is 0 Å². The molecule has 5 rings (SSSR count). The van der Waals surface area contributed by atoms with E-state index in [-0.39, 0.29) is 12.1 Å². The van der Waals surface area contributed by atoms with E-state index < -0.39 is 0 Å². The standard InChI is InChI=1S/C25H19Cl2N3OS/c26-18-10-6-9-17(22(18)27)20-12-13-21(31-20)24-23(19-11-4-5-14-28-19)29-25(32)30(24)15-16-7-2-1-3-8-16/h1-14,23-24H,15H2,(H,29,32)/t23-,24-/m0/s1. The maximum Gasteiger partial charge on any atom is 0.170 e. The SMILES string of the molecule is S=C1N[C@@H](c2ccccn2)[C@H](c2ccc(-c3cccc(Cl)c3Cl)o2)N1Cc1ccccc1. The van der Waals surface area contributed by atoms with Crippen LogP contribution in [0.4, 0.5) is 0 Å². The highest BCUT2D eigenvalue weighted by atomic mass is 35.5. The van der Waals surface area contributed by atoms with E-state index in [9.17, 15) is 0 Å². The van der Waals surface area contributed by atoms with E-state index in [1.165, 1.54) is 0 Å². The topological polar surface area (TPSA) is 41.3 Å². The summed E-state index contributed by atoms with van der Waals surface area (Å²) in [6.45, 7) is 0.647. The van der Waals surface area contributed by atoms with Crippen LogP contribution in [0.5, 0.6) is 0 Å². The molecular weight excluding hydrogens is 461 g/mol. The van der Waals surface area contributed by atoms with E-state index in [0.717, 1.165) is 22.6 Å². The van der Waals surface area contributed by atoms with Crippen molar-refractivity contribution >= 4 is 40.5 Å². The Bertz CT molecular complexity index is 1250. The highest BCUT2D eigenvalue weighted by Crippen LogP contribution is 2.42. The molecule has 0 amide bonds. The van der Waals surface area contributed by atoms with Crippen molar-refractivity contribution in [2.24, 2.45) is 0 Å². The Morgan fingerprint density at radius 2 is 1.75 bits per heavy atom. The lowest BCUT2D eigenvalue weighted by atomic mass is 10.0. The minimum absolute atomic E-state index is 0.152. The molecule has 160 valence electrons. The van der Waals surface area contributed by atoms with Gasteiger partial charge in [0, 0.05) is 18.3 Å². The fraction of sp³-hybridized carbons (Fsp3) is 0.120. The molecule has 32 heavy (non-hydrogen) atoms. The summed E-state index contributed by atoms with van der Waals surface area (Å²) in [4.78, 5) is 6.72. The molecule has 3 heterocycles. The lowest BCUT2D eigenvalue weighted by Crippen LogP contribution is -2.29.